The van der Waals surface area contributed by atoms with Gasteiger partial charge in [-0.1, -0.05) is 0 Å². The van der Waals surface area contributed by atoms with Gasteiger partial charge in [0.1, 0.15) is 6.10 Å². The zero-order valence-electron chi connectivity index (χ0n) is 12.2. The van der Waals surface area contributed by atoms with Crippen molar-refractivity contribution >= 4 is 11.9 Å². The lowest BCUT2D eigenvalue weighted by Crippen LogP contribution is -2.54. The number of ether oxygens (including phenoxy) is 1. The molecule has 2 heterocycles. The van der Waals surface area contributed by atoms with Gasteiger partial charge in [0.25, 0.3) is 5.91 Å². The Bertz CT molecular complexity index is 367. The average molecular weight is 284 g/mol. The molecule has 114 valence electrons. The summed E-state index contributed by atoms with van der Waals surface area (Å²) in [5.74, 6) is 0.0397. The molecular formula is C13H24N4O3. The molecule has 2 saturated heterocycles. The zero-order valence-corrected chi connectivity index (χ0v) is 12.2. The number of urea groups is 1. The van der Waals surface area contributed by atoms with Crippen LogP contribution < -0.4 is 5.73 Å². The number of hydrogen-bond acceptors (Lipinski definition) is 4. The lowest BCUT2D eigenvalue weighted by molar-refractivity contribution is -0.144. The fourth-order valence-corrected chi connectivity index (χ4v) is 2.67. The van der Waals surface area contributed by atoms with E-state index in [4.69, 9.17) is 10.5 Å². The number of carbonyl (C=O) groups excluding carboxylic acids is 2. The van der Waals surface area contributed by atoms with Gasteiger partial charge in [-0.3, -0.25) is 4.79 Å². The van der Waals surface area contributed by atoms with Gasteiger partial charge in [0.2, 0.25) is 0 Å². The molecule has 0 saturated carbocycles. The summed E-state index contributed by atoms with van der Waals surface area (Å²) in [5, 5.41) is 0. The third kappa shape index (κ3) is 3.21. The minimum atomic E-state index is -0.348. The Morgan fingerprint density at radius 1 is 1.15 bits per heavy atom. The predicted molar refractivity (Wildman–Crippen MR) is 74.2 cm³/mol. The topological polar surface area (TPSA) is 79.1 Å². The van der Waals surface area contributed by atoms with E-state index in [1.807, 2.05) is 0 Å². The molecule has 0 aromatic carbocycles. The Kier molecular flexibility index (Phi) is 4.82. The lowest BCUT2D eigenvalue weighted by atomic mass is 10.1. The van der Waals surface area contributed by atoms with E-state index in [9.17, 15) is 9.59 Å². The van der Waals surface area contributed by atoms with Crippen molar-refractivity contribution in [2.24, 2.45) is 5.73 Å². The molecule has 2 rings (SSSR count). The molecule has 20 heavy (non-hydrogen) atoms. The third-order valence-corrected chi connectivity index (χ3v) is 3.89. The minimum Gasteiger partial charge on any atom is -0.364 e. The maximum Gasteiger partial charge on any atom is 0.319 e. The van der Waals surface area contributed by atoms with Crippen molar-refractivity contribution in [3.8, 4) is 0 Å². The number of rotatable bonds is 2. The first-order valence-corrected chi connectivity index (χ1v) is 7.13. The predicted octanol–water partition coefficient (Wildman–Crippen LogP) is -0.681. The normalized spacial score (nSPS) is 26.8. The number of nitrogens with zero attached hydrogens (tertiary/aromatic N) is 3. The van der Waals surface area contributed by atoms with Gasteiger partial charge in [-0.05, 0) is 12.8 Å². The van der Waals surface area contributed by atoms with E-state index in [1.54, 1.807) is 28.8 Å². The first-order valence-electron chi connectivity index (χ1n) is 7.13. The first kappa shape index (κ1) is 15.1. The number of carbonyl (C=O) groups is 2. The van der Waals surface area contributed by atoms with Gasteiger partial charge in [0, 0.05) is 46.8 Å². The summed E-state index contributed by atoms with van der Waals surface area (Å²) in [6.07, 6.45) is 1.27. The number of nitrogens with two attached hydrogens (primary N) is 1. The monoisotopic (exact) mass is 284 g/mol. The van der Waals surface area contributed by atoms with Crippen LogP contribution in [0.1, 0.15) is 12.8 Å². The van der Waals surface area contributed by atoms with Crippen molar-refractivity contribution in [3.05, 3.63) is 0 Å². The second kappa shape index (κ2) is 6.41. The molecule has 2 aliphatic heterocycles. The van der Waals surface area contributed by atoms with E-state index in [1.165, 1.54) is 0 Å². The van der Waals surface area contributed by atoms with Crippen LogP contribution >= 0.6 is 0 Å². The van der Waals surface area contributed by atoms with E-state index in [0.717, 1.165) is 12.8 Å². The summed E-state index contributed by atoms with van der Waals surface area (Å²) >= 11 is 0. The number of amides is 3. The van der Waals surface area contributed by atoms with E-state index in [2.05, 4.69) is 0 Å². The first-order chi connectivity index (χ1) is 9.52. The summed E-state index contributed by atoms with van der Waals surface area (Å²) in [5.41, 5.74) is 5.56. The number of hydrogen-bond donors (Lipinski definition) is 1. The molecule has 2 aliphatic rings. The fourth-order valence-electron chi connectivity index (χ4n) is 2.67. The molecule has 2 N–H and O–H groups in total. The van der Waals surface area contributed by atoms with Gasteiger partial charge in [0.15, 0.2) is 0 Å². The maximum absolute atomic E-state index is 12.3. The molecule has 0 aromatic rings. The standard InChI is InChI=1S/C13H24N4O3/c1-15(2)13(19)17-7-5-16(6-8-17)12(18)11-4-3-10(9-14)20-11/h10-11H,3-9,14H2,1-2H3. The average Bonchev–Trinajstić information content (AvgIpc) is 2.94. The smallest absolute Gasteiger partial charge is 0.319 e. The van der Waals surface area contributed by atoms with E-state index >= 15 is 0 Å². The van der Waals surface area contributed by atoms with Crippen molar-refractivity contribution < 1.29 is 14.3 Å². The molecule has 0 aliphatic carbocycles. The largest absolute Gasteiger partial charge is 0.364 e. The molecule has 0 aromatic heterocycles. The van der Waals surface area contributed by atoms with Crippen LogP contribution in [-0.4, -0.2) is 85.7 Å². The van der Waals surface area contributed by atoms with Crippen LogP contribution in [0.25, 0.3) is 0 Å². The molecule has 2 fully saturated rings. The summed E-state index contributed by atoms with van der Waals surface area (Å²) < 4.78 is 5.63. The van der Waals surface area contributed by atoms with Crippen LogP contribution in [0.4, 0.5) is 4.79 Å². The molecular weight excluding hydrogens is 260 g/mol. The maximum atomic E-state index is 12.3. The van der Waals surface area contributed by atoms with Gasteiger partial charge in [-0.2, -0.15) is 0 Å². The van der Waals surface area contributed by atoms with Crippen LogP contribution in [0.5, 0.6) is 0 Å². The molecule has 3 amide bonds. The van der Waals surface area contributed by atoms with Gasteiger partial charge < -0.3 is 25.2 Å². The summed E-state index contributed by atoms with van der Waals surface area (Å²) in [4.78, 5) is 29.3. The second-order valence-electron chi connectivity index (χ2n) is 5.55. The molecule has 2 unspecified atom stereocenters. The fraction of sp³-hybridized carbons (Fsp3) is 0.846. The molecule has 0 bridgehead atoms. The number of piperazine rings is 1. The van der Waals surface area contributed by atoms with Gasteiger partial charge in [-0.15, -0.1) is 0 Å². The highest BCUT2D eigenvalue weighted by Crippen LogP contribution is 2.21. The SMILES string of the molecule is CN(C)C(=O)N1CCN(C(=O)C2CCC(CN)O2)CC1. The Morgan fingerprint density at radius 2 is 1.75 bits per heavy atom. The van der Waals surface area contributed by atoms with Gasteiger partial charge in [0.05, 0.1) is 6.10 Å². The quantitative estimate of drug-likeness (QED) is 0.728. The molecule has 0 radical (unpaired) electrons. The Labute approximate surface area is 119 Å². The summed E-state index contributed by atoms with van der Waals surface area (Å²) in [7, 11) is 3.47. The highest BCUT2D eigenvalue weighted by Gasteiger charge is 2.34. The van der Waals surface area contributed by atoms with Gasteiger partial charge >= 0.3 is 6.03 Å². The van der Waals surface area contributed by atoms with E-state index in [0.29, 0.717) is 32.7 Å². The molecule has 0 spiro atoms. The molecule has 7 heteroatoms. The zero-order chi connectivity index (χ0) is 14.7. The lowest BCUT2D eigenvalue weighted by Gasteiger charge is -2.36. The Hall–Kier alpha value is -1.34. The molecule has 7 nitrogen and oxygen atoms in total. The summed E-state index contributed by atoms with van der Waals surface area (Å²) in [6.45, 7) is 2.78. The highest BCUT2D eigenvalue weighted by atomic mass is 16.5. The van der Waals surface area contributed by atoms with Crippen LogP contribution in [0, 0.1) is 0 Å². The summed E-state index contributed by atoms with van der Waals surface area (Å²) in [6, 6.07) is -0.00240. The van der Waals surface area contributed by atoms with Crippen molar-refractivity contribution in [2.45, 2.75) is 25.0 Å². The Morgan fingerprint density at radius 3 is 2.25 bits per heavy atom. The van der Waals surface area contributed by atoms with Crippen molar-refractivity contribution in [3.63, 3.8) is 0 Å². The van der Waals surface area contributed by atoms with Crippen LogP contribution in [0.2, 0.25) is 0 Å². The van der Waals surface area contributed by atoms with E-state index < -0.39 is 0 Å². The minimum absolute atomic E-state index is 0.00240. The molecule has 2 atom stereocenters. The van der Waals surface area contributed by atoms with Crippen molar-refractivity contribution in [1.29, 1.82) is 0 Å². The van der Waals surface area contributed by atoms with Gasteiger partial charge in [-0.25, -0.2) is 4.79 Å². The highest BCUT2D eigenvalue weighted by molar-refractivity contribution is 5.81. The van der Waals surface area contributed by atoms with E-state index in [-0.39, 0.29) is 24.1 Å². The van der Waals surface area contributed by atoms with Crippen LogP contribution in [0.15, 0.2) is 0 Å². The van der Waals surface area contributed by atoms with Crippen molar-refractivity contribution in [1.82, 2.24) is 14.7 Å². The second-order valence-corrected chi connectivity index (χ2v) is 5.55. The third-order valence-electron chi connectivity index (χ3n) is 3.89. The van der Waals surface area contributed by atoms with Crippen LogP contribution in [0.3, 0.4) is 0 Å². The Balaban J connectivity index is 1.82. The van der Waals surface area contributed by atoms with Crippen molar-refractivity contribution in [2.75, 3.05) is 46.8 Å². The van der Waals surface area contributed by atoms with Crippen LogP contribution in [-0.2, 0) is 9.53 Å².